The standard InChI is InChI=1S/C15H20N2S/c1-4-10-17(11-5-1)12-6-9-15-16-13-7-2-3-8-14(13)18-15/h2-3,7-8H,1,4-6,9-12H2. The van der Waals surface area contributed by atoms with Crippen LogP contribution in [0.2, 0.25) is 0 Å². The highest BCUT2D eigenvalue weighted by Crippen LogP contribution is 2.22. The Labute approximate surface area is 113 Å². The fourth-order valence-electron chi connectivity index (χ4n) is 2.66. The molecule has 2 heterocycles. The monoisotopic (exact) mass is 260 g/mol. The van der Waals surface area contributed by atoms with E-state index in [-0.39, 0.29) is 0 Å². The second kappa shape index (κ2) is 5.81. The van der Waals surface area contributed by atoms with Gasteiger partial charge in [-0.15, -0.1) is 11.3 Å². The van der Waals surface area contributed by atoms with E-state index in [9.17, 15) is 0 Å². The van der Waals surface area contributed by atoms with Gasteiger partial charge in [-0.2, -0.15) is 0 Å². The average Bonchev–Trinajstić information content (AvgIpc) is 2.82. The molecule has 1 aromatic heterocycles. The summed E-state index contributed by atoms with van der Waals surface area (Å²) in [6, 6.07) is 8.44. The molecule has 0 aliphatic carbocycles. The summed E-state index contributed by atoms with van der Waals surface area (Å²) in [6.07, 6.45) is 6.59. The second-order valence-corrected chi connectivity index (χ2v) is 6.20. The number of thiazole rings is 1. The molecule has 0 spiro atoms. The predicted molar refractivity (Wildman–Crippen MR) is 78.2 cm³/mol. The lowest BCUT2D eigenvalue weighted by Gasteiger charge is -2.26. The van der Waals surface area contributed by atoms with Crippen LogP contribution in [-0.4, -0.2) is 29.5 Å². The van der Waals surface area contributed by atoms with E-state index in [0.29, 0.717) is 0 Å². The van der Waals surface area contributed by atoms with Crippen molar-refractivity contribution in [3.05, 3.63) is 29.3 Å². The number of aromatic nitrogens is 1. The van der Waals surface area contributed by atoms with Gasteiger partial charge in [0.15, 0.2) is 0 Å². The molecule has 3 rings (SSSR count). The summed E-state index contributed by atoms with van der Waals surface area (Å²) in [5.74, 6) is 0. The van der Waals surface area contributed by atoms with Crippen molar-refractivity contribution in [3.8, 4) is 0 Å². The number of piperidine rings is 1. The molecule has 0 amide bonds. The van der Waals surface area contributed by atoms with E-state index in [2.05, 4.69) is 29.2 Å². The smallest absolute Gasteiger partial charge is 0.0939 e. The Hall–Kier alpha value is -0.930. The number of hydrogen-bond acceptors (Lipinski definition) is 3. The molecular weight excluding hydrogens is 240 g/mol. The van der Waals surface area contributed by atoms with Crippen molar-refractivity contribution in [2.24, 2.45) is 0 Å². The summed E-state index contributed by atoms with van der Waals surface area (Å²) in [5.41, 5.74) is 1.16. The Morgan fingerprint density at radius 2 is 1.94 bits per heavy atom. The summed E-state index contributed by atoms with van der Waals surface area (Å²) in [4.78, 5) is 7.30. The summed E-state index contributed by atoms with van der Waals surface area (Å²) >= 11 is 1.85. The highest BCUT2D eigenvalue weighted by molar-refractivity contribution is 7.18. The fourth-order valence-corrected chi connectivity index (χ4v) is 3.67. The van der Waals surface area contributed by atoms with Crippen LogP contribution in [0.1, 0.15) is 30.7 Å². The lowest BCUT2D eigenvalue weighted by atomic mass is 10.1. The minimum absolute atomic E-state index is 1.13. The highest BCUT2D eigenvalue weighted by atomic mass is 32.1. The molecular formula is C15H20N2S. The second-order valence-electron chi connectivity index (χ2n) is 5.08. The number of hydrogen-bond donors (Lipinski definition) is 0. The molecule has 0 unspecified atom stereocenters. The molecule has 1 saturated heterocycles. The van der Waals surface area contributed by atoms with E-state index in [1.54, 1.807) is 0 Å². The molecule has 18 heavy (non-hydrogen) atoms. The Kier molecular flexibility index (Phi) is 3.91. The van der Waals surface area contributed by atoms with Gasteiger partial charge >= 0.3 is 0 Å². The maximum Gasteiger partial charge on any atom is 0.0939 e. The zero-order chi connectivity index (χ0) is 12.2. The zero-order valence-electron chi connectivity index (χ0n) is 10.8. The molecule has 2 aromatic rings. The van der Waals surface area contributed by atoms with E-state index in [4.69, 9.17) is 4.98 Å². The Bertz CT molecular complexity index is 467. The Balaban J connectivity index is 1.53. The normalized spacial score (nSPS) is 17.3. The summed E-state index contributed by atoms with van der Waals surface area (Å²) in [7, 11) is 0. The first kappa shape index (κ1) is 12.1. The molecule has 1 aromatic carbocycles. The molecule has 0 atom stereocenters. The van der Waals surface area contributed by atoms with Crippen molar-refractivity contribution in [2.75, 3.05) is 19.6 Å². The topological polar surface area (TPSA) is 16.1 Å². The van der Waals surface area contributed by atoms with Crippen LogP contribution in [0.3, 0.4) is 0 Å². The van der Waals surface area contributed by atoms with Crippen LogP contribution < -0.4 is 0 Å². The minimum atomic E-state index is 1.13. The molecule has 3 heteroatoms. The van der Waals surface area contributed by atoms with E-state index >= 15 is 0 Å². The number of nitrogens with zero attached hydrogens (tertiary/aromatic N) is 2. The number of aryl methyl sites for hydroxylation is 1. The molecule has 0 saturated carbocycles. The van der Waals surface area contributed by atoms with Crippen LogP contribution in [0, 0.1) is 0 Å². The van der Waals surface area contributed by atoms with Gasteiger partial charge in [0.05, 0.1) is 15.2 Å². The number of likely N-dealkylation sites (tertiary alicyclic amines) is 1. The Morgan fingerprint density at radius 3 is 2.78 bits per heavy atom. The first-order chi connectivity index (χ1) is 8.92. The van der Waals surface area contributed by atoms with Crippen LogP contribution in [0.5, 0.6) is 0 Å². The average molecular weight is 260 g/mol. The maximum atomic E-state index is 4.70. The minimum Gasteiger partial charge on any atom is -0.303 e. The molecule has 0 bridgehead atoms. The van der Waals surface area contributed by atoms with Gasteiger partial charge in [0.1, 0.15) is 0 Å². The Morgan fingerprint density at radius 1 is 1.11 bits per heavy atom. The van der Waals surface area contributed by atoms with Crippen molar-refractivity contribution in [2.45, 2.75) is 32.1 Å². The molecule has 96 valence electrons. The van der Waals surface area contributed by atoms with Gasteiger partial charge in [0, 0.05) is 6.42 Å². The van der Waals surface area contributed by atoms with Crippen molar-refractivity contribution in [3.63, 3.8) is 0 Å². The van der Waals surface area contributed by atoms with Gasteiger partial charge in [0.2, 0.25) is 0 Å². The summed E-state index contributed by atoms with van der Waals surface area (Å²) < 4.78 is 1.32. The van der Waals surface area contributed by atoms with E-state index < -0.39 is 0 Å². The van der Waals surface area contributed by atoms with Gasteiger partial charge in [0.25, 0.3) is 0 Å². The summed E-state index contributed by atoms with van der Waals surface area (Å²) in [5, 5.41) is 1.30. The summed E-state index contributed by atoms with van der Waals surface area (Å²) in [6.45, 7) is 3.86. The zero-order valence-corrected chi connectivity index (χ0v) is 11.6. The molecule has 1 aliphatic rings. The highest BCUT2D eigenvalue weighted by Gasteiger charge is 2.10. The van der Waals surface area contributed by atoms with E-state index in [1.165, 1.54) is 55.0 Å². The lowest BCUT2D eigenvalue weighted by Crippen LogP contribution is -2.30. The SMILES string of the molecule is c1ccc2sc(CCCN3CCCCC3)nc2c1. The van der Waals surface area contributed by atoms with Gasteiger partial charge < -0.3 is 4.90 Å². The van der Waals surface area contributed by atoms with Crippen molar-refractivity contribution >= 4 is 21.6 Å². The van der Waals surface area contributed by atoms with Gasteiger partial charge in [-0.25, -0.2) is 4.98 Å². The third kappa shape index (κ3) is 2.90. The quantitative estimate of drug-likeness (QED) is 0.833. The molecule has 1 fully saturated rings. The van der Waals surface area contributed by atoms with Gasteiger partial charge in [-0.05, 0) is 51.0 Å². The fraction of sp³-hybridized carbons (Fsp3) is 0.533. The predicted octanol–water partition coefficient (Wildman–Crippen LogP) is 3.71. The first-order valence-corrected chi connectivity index (χ1v) is 7.80. The molecule has 1 aliphatic heterocycles. The molecule has 0 radical (unpaired) electrons. The number of fused-ring (bicyclic) bond motifs is 1. The third-order valence-corrected chi connectivity index (χ3v) is 4.75. The van der Waals surface area contributed by atoms with Crippen LogP contribution in [0.25, 0.3) is 10.2 Å². The number of para-hydroxylation sites is 1. The van der Waals surface area contributed by atoms with Crippen molar-refractivity contribution in [1.82, 2.24) is 9.88 Å². The largest absolute Gasteiger partial charge is 0.303 e. The van der Waals surface area contributed by atoms with Crippen LogP contribution in [0.4, 0.5) is 0 Å². The molecule has 2 nitrogen and oxygen atoms in total. The van der Waals surface area contributed by atoms with Gasteiger partial charge in [-0.1, -0.05) is 18.6 Å². The van der Waals surface area contributed by atoms with Crippen LogP contribution in [-0.2, 0) is 6.42 Å². The lowest BCUT2D eigenvalue weighted by molar-refractivity contribution is 0.226. The number of rotatable bonds is 4. The third-order valence-electron chi connectivity index (χ3n) is 3.65. The first-order valence-electron chi connectivity index (χ1n) is 6.99. The van der Waals surface area contributed by atoms with E-state index in [1.807, 2.05) is 11.3 Å². The van der Waals surface area contributed by atoms with Crippen LogP contribution in [0.15, 0.2) is 24.3 Å². The van der Waals surface area contributed by atoms with Crippen LogP contribution >= 0.6 is 11.3 Å². The number of benzene rings is 1. The van der Waals surface area contributed by atoms with Gasteiger partial charge in [-0.3, -0.25) is 0 Å². The molecule has 0 N–H and O–H groups in total. The van der Waals surface area contributed by atoms with Crippen molar-refractivity contribution < 1.29 is 0 Å². The van der Waals surface area contributed by atoms with E-state index in [0.717, 1.165) is 11.9 Å². The maximum absolute atomic E-state index is 4.70. The van der Waals surface area contributed by atoms with Crippen molar-refractivity contribution in [1.29, 1.82) is 0 Å².